The fourth-order valence-electron chi connectivity index (χ4n) is 4.96. The van der Waals surface area contributed by atoms with Gasteiger partial charge in [-0.05, 0) is 69.7 Å². The summed E-state index contributed by atoms with van der Waals surface area (Å²) in [5.41, 5.74) is 6.76. The van der Waals surface area contributed by atoms with Crippen LogP contribution in [-0.4, -0.2) is 21.4 Å². The molecule has 2 unspecified atom stereocenters. The van der Waals surface area contributed by atoms with Crippen LogP contribution >= 0.6 is 22.5 Å². The smallest absolute Gasteiger partial charge is 0.134 e. The van der Waals surface area contributed by atoms with Crippen molar-refractivity contribution in [2.24, 2.45) is 0 Å². The van der Waals surface area contributed by atoms with E-state index >= 15 is 0 Å². The van der Waals surface area contributed by atoms with E-state index < -0.39 is 10.8 Å². The van der Waals surface area contributed by atoms with Gasteiger partial charge in [-0.3, -0.25) is 0 Å². The van der Waals surface area contributed by atoms with Gasteiger partial charge in [0.15, 0.2) is 0 Å². The molecule has 2 aromatic rings. The molecule has 236 valence electrons. The molecule has 2 rings (SSSR count). The lowest BCUT2D eigenvalue weighted by Gasteiger charge is -2.31. The highest BCUT2D eigenvalue weighted by atomic mass is 32.2. The zero-order chi connectivity index (χ0) is 32.3. The second-order valence-corrected chi connectivity index (χ2v) is 19.0. The number of unbranched alkanes of at least 4 members (excludes halogenated alkanes) is 1. The van der Waals surface area contributed by atoms with Crippen molar-refractivity contribution in [1.29, 1.82) is 0 Å². The Bertz CT molecular complexity index is 1180. The second-order valence-electron chi connectivity index (χ2n) is 16.2. The third-order valence-electron chi connectivity index (χ3n) is 7.60. The number of thioether (sulfide) groups is 1. The number of rotatable bonds is 11. The van der Waals surface area contributed by atoms with Gasteiger partial charge in [0.25, 0.3) is 0 Å². The van der Waals surface area contributed by atoms with Crippen LogP contribution < -0.4 is 4.74 Å². The number of hydrogen-bond donors (Lipinski definition) is 1. The summed E-state index contributed by atoms with van der Waals surface area (Å²) < 4.78 is 16.1. The average molecular weight is 613 g/mol. The zero-order valence-corrected chi connectivity index (χ0v) is 30.7. The van der Waals surface area contributed by atoms with Crippen molar-refractivity contribution in [2.45, 2.75) is 147 Å². The highest BCUT2D eigenvalue weighted by molar-refractivity contribution is 8.09. The van der Waals surface area contributed by atoms with Gasteiger partial charge in [0, 0.05) is 33.4 Å². The van der Waals surface area contributed by atoms with E-state index in [4.69, 9.17) is 4.74 Å². The lowest BCUT2D eigenvalue weighted by atomic mass is 9.79. The first-order chi connectivity index (χ1) is 19.0. The Morgan fingerprint density at radius 1 is 0.786 bits per heavy atom. The lowest BCUT2D eigenvalue weighted by molar-refractivity contribution is 0.372. The molecular formula is C38H60O2S2. The van der Waals surface area contributed by atoms with Gasteiger partial charge >= 0.3 is 0 Å². The van der Waals surface area contributed by atoms with Crippen molar-refractivity contribution in [3.05, 3.63) is 70.5 Å². The molecule has 0 spiro atoms. The molecule has 1 N–H and O–H groups in total. The second kappa shape index (κ2) is 14.1. The van der Waals surface area contributed by atoms with Gasteiger partial charge in [0.05, 0.1) is 5.76 Å². The SMILES string of the molecule is C=C(CCCCS(=C)O)Oc1c(C(C)(C)C)cc(SC(C)Cc2cc(C(C)(C)C)cc(C(C)(C)C)c2)cc1C(C)(C)C. The molecule has 2 nitrogen and oxygen atoms in total. The molecule has 0 bridgehead atoms. The van der Waals surface area contributed by atoms with Crippen LogP contribution in [0.15, 0.2) is 47.6 Å². The van der Waals surface area contributed by atoms with Crippen LogP contribution in [0.4, 0.5) is 0 Å². The van der Waals surface area contributed by atoms with Gasteiger partial charge < -0.3 is 9.29 Å². The molecule has 0 amide bonds. The third-order valence-corrected chi connectivity index (χ3v) is 9.43. The first kappa shape index (κ1) is 36.7. The Kier molecular flexibility index (Phi) is 12.3. The van der Waals surface area contributed by atoms with Crippen molar-refractivity contribution in [3.63, 3.8) is 0 Å². The van der Waals surface area contributed by atoms with E-state index in [1.807, 2.05) is 11.8 Å². The third kappa shape index (κ3) is 11.2. The molecule has 0 aliphatic rings. The average Bonchev–Trinajstić information content (AvgIpc) is 2.79. The van der Waals surface area contributed by atoms with Gasteiger partial charge in [-0.1, -0.05) is 131 Å². The molecule has 0 saturated carbocycles. The molecule has 0 radical (unpaired) electrons. The number of allylic oxidation sites excluding steroid dienone is 1. The van der Waals surface area contributed by atoms with Crippen molar-refractivity contribution >= 4 is 28.4 Å². The van der Waals surface area contributed by atoms with E-state index in [1.54, 1.807) is 0 Å². The summed E-state index contributed by atoms with van der Waals surface area (Å²) in [4.78, 5) is 1.30. The first-order valence-electron chi connectivity index (χ1n) is 15.5. The largest absolute Gasteiger partial charge is 0.462 e. The Balaban J connectivity index is 2.43. The normalized spacial score (nSPS) is 14.5. The Morgan fingerprint density at radius 3 is 1.67 bits per heavy atom. The number of hydrogen-bond acceptors (Lipinski definition) is 3. The molecule has 0 heterocycles. The number of ether oxygens (including phenoxy) is 1. The van der Waals surface area contributed by atoms with E-state index in [1.165, 1.54) is 32.7 Å². The monoisotopic (exact) mass is 612 g/mol. The van der Waals surface area contributed by atoms with Crippen molar-refractivity contribution < 1.29 is 9.29 Å². The minimum atomic E-state index is -0.754. The predicted molar refractivity (Wildman–Crippen MR) is 193 cm³/mol. The van der Waals surface area contributed by atoms with E-state index in [0.29, 0.717) is 5.25 Å². The van der Waals surface area contributed by atoms with E-state index in [9.17, 15) is 4.55 Å². The molecule has 4 heteroatoms. The first-order valence-corrected chi connectivity index (χ1v) is 17.9. The summed E-state index contributed by atoms with van der Waals surface area (Å²) >= 11 is 1.97. The fraction of sp³-hybridized carbons (Fsp3) is 0.605. The van der Waals surface area contributed by atoms with Gasteiger partial charge in [-0.2, -0.15) is 0 Å². The molecule has 0 aliphatic heterocycles. The van der Waals surface area contributed by atoms with Gasteiger partial charge in [0.2, 0.25) is 0 Å². The highest BCUT2D eigenvalue weighted by Gasteiger charge is 2.29. The maximum Gasteiger partial charge on any atom is 0.134 e. The lowest BCUT2D eigenvalue weighted by Crippen LogP contribution is -2.20. The van der Waals surface area contributed by atoms with Gasteiger partial charge in [0.1, 0.15) is 5.75 Å². The van der Waals surface area contributed by atoms with Crippen molar-refractivity contribution in [1.82, 2.24) is 0 Å². The summed E-state index contributed by atoms with van der Waals surface area (Å²) in [6, 6.07) is 12.0. The molecule has 0 fully saturated rings. The van der Waals surface area contributed by atoms with Crippen LogP contribution in [-0.2, 0) is 28.1 Å². The maximum absolute atomic E-state index is 9.52. The van der Waals surface area contributed by atoms with Gasteiger partial charge in [-0.15, -0.1) is 11.8 Å². The summed E-state index contributed by atoms with van der Waals surface area (Å²) in [6.45, 7) is 34.1. The van der Waals surface area contributed by atoms with Crippen LogP contribution in [0.25, 0.3) is 0 Å². The minimum Gasteiger partial charge on any atom is -0.462 e. The standard InChI is InChI=1S/C38H60O2S2/c1-26(18-16-17-19-42(15)39)40-34-32(37(9,10)11)24-31(25-33(34)38(12,13)14)41-27(2)20-28-21-29(35(3,4)5)23-30(22-28)36(6,7)8/h21-25,27,39H,1,15-20H2,2-14H3. The van der Waals surface area contributed by atoms with Crippen LogP contribution in [0.3, 0.4) is 0 Å². The van der Waals surface area contributed by atoms with E-state index in [2.05, 4.69) is 133 Å². The molecule has 2 aromatic carbocycles. The van der Waals surface area contributed by atoms with Crippen LogP contribution in [0.1, 0.15) is 137 Å². The van der Waals surface area contributed by atoms with E-state index in [0.717, 1.165) is 42.9 Å². The summed E-state index contributed by atoms with van der Waals surface area (Å²) in [7, 11) is -0.754. The minimum absolute atomic E-state index is 0.0861. The quantitative estimate of drug-likeness (QED) is 0.118. The van der Waals surface area contributed by atoms with E-state index in [-0.39, 0.29) is 21.7 Å². The van der Waals surface area contributed by atoms with Crippen LogP contribution in [0, 0.1) is 0 Å². The Morgan fingerprint density at radius 2 is 1.26 bits per heavy atom. The molecule has 0 saturated heterocycles. The van der Waals surface area contributed by atoms with Crippen LogP contribution in [0.5, 0.6) is 5.75 Å². The Hall–Kier alpha value is -1.49. The van der Waals surface area contributed by atoms with Crippen LogP contribution in [0.2, 0.25) is 0 Å². The predicted octanol–water partition coefficient (Wildman–Crippen LogP) is 11.8. The topological polar surface area (TPSA) is 29.5 Å². The maximum atomic E-state index is 9.52. The summed E-state index contributed by atoms with van der Waals surface area (Å²) in [5, 5.41) is 0.416. The van der Waals surface area contributed by atoms with Gasteiger partial charge in [-0.25, -0.2) is 0 Å². The molecule has 2 atom stereocenters. The molecular weight excluding hydrogens is 553 g/mol. The fourth-order valence-corrected chi connectivity index (χ4v) is 6.61. The summed E-state index contributed by atoms with van der Waals surface area (Å²) in [6.07, 6.45) is 3.66. The Labute approximate surface area is 266 Å². The zero-order valence-electron chi connectivity index (χ0n) is 29.1. The summed E-state index contributed by atoms with van der Waals surface area (Å²) in [5.74, 6) is 6.19. The van der Waals surface area contributed by atoms with Crippen molar-refractivity contribution in [3.8, 4) is 5.75 Å². The molecule has 0 aromatic heterocycles. The highest BCUT2D eigenvalue weighted by Crippen LogP contribution is 2.44. The van der Waals surface area contributed by atoms with Crippen molar-refractivity contribution in [2.75, 3.05) is 5.75 Å². The molecule has 0 aliphatic carbocycles. The molecule has 42 heavy (non-hydrogen) atoms. The number of benzene rings is 2.